The molecule has 2 amide bonds. The Morgan fingerprint density at radius 3 is 2.70 bits per heavy atom. The van der Waals surface area contributed by atoms with E-state index in [0.29, 0.717) is 6.42 Å². The van der Waals surface area contributed by atoms with E-state index in [1.165, 1.54) is 18.3 Å². The van der Waals surface area contributed by atoms with Gasteiger partial charge in [-0.05, 0) is 25.0 Å². The third-order valence-electron chi connectivity index (χ3n) is 3.39. The summed E-state index contributed by atoms with van der Waals surface area (Å²) < 4.78 is 26.0. The van der Waals surface area contributed by atoms with Crippen LogP contribution in [-0.4, -0.2) is 54.4 Å². The molecule has 0 aromatic carbocycles. The lowest BCUT2D eigenvalue weighted by atomic mass is 10.1. The number of aromatic nitrogens is 1. The third-order valence-corrected chi connectivity index (χ3v) is 5.15. The number of amides is 2. The van der Waals surface area contributed by atoms with Gasteiger partial charge in [0.15, 0.2) is 10.8 Å². The van der Waals surface area contributed by atoms with Crippen molar-refractivity contribution in [3.05, 3.63) is 24.4 Å². The number of primary amides is 1. The summed E-state index contributed by atoms with van der Waals surface area (Å²) >= 11 is 0. The van der Waals surface area contributed by atoms with Crippen molar-refractivity contribution in [3.63, 3.8) is 0 Å². The Kier molecular flexibility index (Phi) is 5.06. The van der Waals surface area contributed by atoms with Gasteiger partial charge in [-0.15, -0.1) is 0 Å². The maximum absolute atomic E-state index is 12.5. The summed E-state index contributed by atoms with van der Waals surface area (Å²) in [6, 6.07) is 3.54. The van der Waals surface area contributed by atoms with Gasteiger partial charge in [0.05, 0.1) is 12.6 Å². The monoisotopic (exact) mass is 340 g/mol. The zero-order valence-corrected chi connectivity index (χ0v) is 13.0. The van der Waals surface area contributed by atoms with E-state index in [-0.39, 0.29) is 18.0 Å². The fourth-order valence-electron chi connectivity index (χ4n) is 2.21. The van der Waals surface area contributed by atoms with Crippen LogP contribution >= 0.6 is 0 Å². The average Bonchev–Trinajstić information content (AvgIpc) is 2.70. The van der Waals surface area contributed by atoms with Crippen molar-refractivity contribution in [2.75, 3.05) is 13.1 Å². The van der Waals surface area contributed by atoms with E-state index in [2.05, 4.69) is 10.3 Å². The van der Waals surface area contributed by atoms with Gasteiger partial charge in [-0.1, -0.05) is 6.07 Å². The largest absolute Gasteiger partial charge is 0.361 e. The van der Waals surface area contributed by atoms with E-state index in [9.17, 15) is 22.8 Å². The van der Waals surface area contributed by atoms with Gasteiger partial charge < -0.3 is 11.1 Å². The Labute approximate surface area is 132 Å². The van der Waals surface area contributed by atoms with Crippen LogP contribution in [0.1, 0.15) is 12.8 Å². The van der Waals surface area contributed by atoms with Crippen molar-refractivity contribution >= 4 is 27.6 Å². The lowest BCUT2D eigenvalue weighted by molar-refractivity contribution is -0.138. The Balaban J connectivity index is 2.15. The van der Waals surface area contributed by atoms with Crippen LogP contribution in [0.4, 0.5) is 0 Å². The van der Waals surface area contributed by atoms with E-state index in [1.54, 1.807) is 6.07 Å². The molecule has 2 heterocycles. The Morgan fingerprint density at radius 1 is 1.35 bits per heavy atom. The second-order valence-corrected chi connectivity index (χ2v) is 6.89. The number of carbonyl (C=O) groups excluding carboxylic acids is 3. The molecule has 1 fully saturated rings. The minimum atomic E-state index is -3.89. The molecule has 1 aliphatic rings. The van der Waals surface area contributed by atoms with Gasteiger partial charge in [0.25, 0.3) is 10.0 Å². The molecule has 0 aliphatic carbocycles. The molecule has 0 saturated carbocycles. The van der Waals surface area contributed by atoms with Crippen LogP contribution in [0.25, 0.3) is 0 Å². The van der Waals surface area contributed by atoms with Gasteiger partial charge in [0.1, 0.15) is 0 Å². The summed E-state index contributed by atoms with van der Waals surface area (Å²) in [6.45, 7) is -0.282. The summed E-state index contributed by atoms with van der Waals surface area (Å²) in [4.78, 5) is 38.0. The fraction of sp³-hybridized carbons (Fsp3) is 0.385. The molecule has 1 unspecified atom stereocenters. The minimum absolute atomic E-state index is 0.119. The van der Waals surface area contributed by atoms with E-state index < -0.39 is 40.2 Å². The van der Waals surface area contributed by atoms with E-state index in [0.717, 1.165) is 4.31 Å². The van der Waals surface area contributed by atoms with Crippen LogP contribution in [-0.2, 0) is 24.4 Å². The minimum Gasteiger partial charge on any atom is -0.361 e. The molecule has 1 aromatic rings. The highest BCUT2D eigenvalue weighted by Crippen LogP contribution is 2.17. The molecular weight excluding hydrogens is 324 g/mol. The molecule has 0 bridgehead atoms. The lowest BCUT2D eigenvalue weighted by Gasteiger charge is -2.19. The molecule has 9 nitrogen and oxygen atoms in total. The molecule has 3 N–H and O–H groups in total. The molecule has 2 rings (SSSR count). The number of hydrogen-bond acceptors (Lipinski definition) is 6. The highest BCUT2D eigenvalue weighted by Gasteiger charge is 2.33. The molecule has 10 heteroatoms. The first-order valence-electron chi connectivity index (χ1n) is 6.86. The number of nitrogens with zero attached hydrogens (tertiary/aromatic N) is 2. The predicted octanol–water partition coefficient (Wildman–Crippen LogP) is -1.59. The van der Waals surface area contributed by atoms with Crippen molar-refractivity contribution in [3.8, 4) is 0 Å². The molecule has 23 heavy (non-hydrogen) atoms. The highest BCUT2D eigenvalue weighted by molar-refractivity contribution is 7.89. The number of hydrogen-bond donors (Lipinski definition) is 2. The quantitative estimate of drug-likeness (QED) is 0.636. The predicted molar refractivity (Wildman–Crippen MR) is 78.4 cm³/mol. The first-order valence-corrected chi connectivity index (χ1v) is 8.30. The van der Waals surface area contributed by atoms with Crippen LogP contribution in [0.3, 0.4) is 0 Å². The van der Waals surface area contributed by atoms with Crippen molar-refractivity contribution in [2.24, 2.45) is 5.73 Å². The summed E-state index contributed by atoms with van der Waals surface area (Å²) in [5.41, 5.74) is 4.83. The van der Waals surface area contributed by atoms with Crippen molar-refractivity contribution in [2.45, 2.75) is 23.9 Å². The SMILES string of the molecule is NC(=O)C(=O)NC1CCCN(S(=O)(=O)c2ccccn2)CC1=O. The van der Waals surface area contributed by atoms with Gasteiger partial charge in [-0.3, -0.25) is 14.4 Å². The van der Waals surface area contributed by atoms with Gasteiger partial charge in [-0.2, -0.15) is 4.31 Å². The second kappa shape index (κ2) is 6.84. The van der Waals surface area contributed by atoms with Gasteiger partial charge >= 0.3 is 11.8 Å². The molecule has 1 aromatic heterocycles. The van der Waals surface area contributed by atoms with Crippen LogP contribution in [0.15, 0.2) is 29.4 Å². The Hall–Kier alpha value is -2.33. The summed E-state index contributed by atoms with van der Waals surface area (Å²) in [6.07, 6.45) is 1.93. The topological polar surface area (TPSA) is 140 Å². The second-order valence-electron chi connectivity index (χ2n) is 5.01. The van der Waals surface area contributed by atoms with E-state index >= 15 is 0 Å². The lowest BCUT2D eigenvalue weighted by Crippen LogP contribution is -2.47. The van der Waals surface area contributed by atoms with Crippen molar-refractivity contribution < 1.29 is 22.8 Å². The molecule has 0 radical (unpaired) electrons. The summed E-state index contributed by atoms with van der Waals surface area (Å²) in [7, 11) is -3.89. The van der Waals surface area contributed by atoms with E-state index in [4.69, 9.17) is 5.73 Å². The van der Waals surface area contributed by atoms with Gasteiger partial charge in [0, 0.05) is 12.7 Å². The first kappa shape index (κ1) is 17.0. The first-order chi connectivity index (χ1) is 10.8. The number of carbonyl (C=O) groups is 3. The molecule has 1 saturated heterocycles. The van der Waals surface area contributed by atoms with Crippen LogP contribution in [0.2, 0.25) is 0 Å². The average molecular weight is 340 g/mol. The molecule has 0 spiro atoms. The molecule has 124 valence electrons. The smallest absolute Gasteiger partial charge is 0.309 e. The summed E-state index contributed by atoms with van der Waals surface area (Å²) in [5.74, 6) is -2.76. The Morgan fingerprint density at radius 2 is 2.09 bits per heavy atom. The van der Waals surface area contributed by atoms with Crippen molar-refractivity contribution in [1.82, 2.24) is 14.6 Å². The molecular formula is C13H16N4O5S. The van der Waals surface area contributed by atoms with Crippen molar-refractivity contribution in [1.29, 1.82) is 0 Å². The zero-order valence-electron chi connectivity index (χ0n) is 12.1. The number of nitrogens with two attached hydrogens (primary N) is 1. The summed E-state index contributed by atoms with van der Waals surface area (Å²) in [5, 5.41) is 2.07. The van der Waals surface area contributed by atoms with E-state index in [1.807, 2.05) is 0 Å². The van der Waals surface area contributed by atoms with Gasteiger partial charge in [-0.25, -0.2) is 13.4 Å². The normalized spacial score (nSPS) is 19.8. The number of Topliss-reactive ketones (excluding diaryl/α,β-unsaturated/α-hetero) is 1. The van der Waals surface area contributed by atoms with Gasteiger partial charge in [0.2, 0.25) is 0 Å². The fourth-order valence-corrected chi connectivity index (χ4v) is 3.59. The number of ketones is 1. The van der Waals surface area contributed by atoms with Crippen LogP contribution in [0, 0.1) is 0 Å². The molecule has 1 aliphatic heterocycles. The maximum atomic E-state index is 12.5. The standard InChI is InChI=1S/C13H16N4O5S/c14-12(19)13(20)16-9-4-3-7-17(8-10(9)18)23(21,22)11-5-1-2-6-15-11/h1-2,5-6,9H,3-4,7-8H2,(H2,14,19)(H,16,20). The number of nitrogens with one attached hydrogen (secondary N) is 1. The van der Waals surface area contributed by atoms with Crippen LogP contribution < -0.4 is 11.1 Å². The Bertz CT molecular complexity index is 719. The van der Waals surface area contributed by atoms with Crippen LogP contribution in [0.5, 0.6) is 0 Å². The number of sulfonamides is 1. The number of pyridine rings is 1. The maximum Gasteiger partial charge on any atom is 0.309 e. The number of rotatable bonds is 3. The zero-order chi connectivity index (χ0) is 17.0. The third kappa shape index (κ3) is 3.90. The molecule has 1 atom stereocenters. The highest BCUT2D eigenvalue weighted by atomic mass is 32.2.